The van der Waals surface area contributed by atoms with E-state index in [1.807, 2.05) is 0 Å². The maximum atomic E-state index is 12.3. The molecule has 2 aromatic rings. The minimum Gasteiger partial charge on any atom is -0.407 e. The van der Waals surface area contributed by atoms with Gasteiger partial charge in [0.1, 0.15) is 0 Å². The monoisotopic (exact) mass is 275 g/mol. The number of carbonyl (C=O) groups is 2. The van der Waals surface area contributed by atoms with Gasteiger partial charge in [0.25, 0.3) is 0 Å². The number of Topliss-reactive ketones (excluding diaryl/α,β-unsaturated/α-hetero) is 1. The van der Waals surface area contributed by atoms with Crippen LogP contribution in [0.5, 0.6) is 0 Å². The van der Waals surface area contributed by atoms with Crippen molar-refractivity contribution in [3.05, 3.63) is 34.3 Å². The van der Waals surface area contributed by atoms with Crippen LogP contribution in [-0.4, -0.2) is 16.3 Å². The predicted octanol–water partition coefficient (Wildman–Crippen LogP) is 2.87. The molecule has 0 aliphatic carbocycles. The lowest BCUT2D eigenvalue weighted by Crippen LogP contribution is -2.32. The Morgan fingerprint density at radius 1 is 1.25 bits per heavy atom. The first-order valence-corrected chi connectivity index (χ1v) is 6.49. The number of aromatic nitrogens is 1. The number of fused-ring (bicyclic) bond motifs is 1. The Morgan fingerprint density at radius 2 is 1.90 bits per heavy atom. The van der Waals surface area contributed by atoms with Crippen LogP contribution in [-0.2, 0) is 0 Å². The number of ketones is 1. The number of oxazole rings is 1. The summed E-state index contributed by atoms with van der Waals surface area (Å²) < 4.78 is 6.11. The van der Waals surface area contributed by atoms with Crippen LogP contribution in [0.15, 0.2) is 27.4 Å². The number of hydrogen-bond donors (Lipinski definition) is 0. The highest BCUT2D eigenvalue weighted by atomic mass is 16.4. The third-order valence-corrected chi connectivity index (χ3v) is 3.07. The van der Waals surface area contributed by atoms with Crippen molar-refractivity contribution < 1.29 is 14.0 Å². The number of carbonyl (C=O) groups excluding carboxylic acids is 2. The van der Waals surface area contributed by atoms with Gasteiger partial charge in [0.15, 0.2) is 11.4 Å². The molecule has 2 rings (SSSR count). The maximum Gasteiger partial charge on any atom is 0.426 e. The second kappa shape index (κ2) is 4.74. The van der Waals surface area contributed by atoms with E-state index in [4.69, 9.17) is 4.42 Å². The van der Waals surface area contributed by atoms with Crippen molar-refractivity contribution in [3.63, 3.8) is 0 Å². The highest BCUT2D eigenvalue weighted by Crippen LogP contribution is 2.21. The smallest absolute Gasteiger partial charge is 0.407 e. The summed E-state index contributed by atoms with van der Waals surface area (Å²) in [5, 5.41) is 0. The molecule has 0 saturated carbocycles. The molecule has 0 bridgehead atoms. The number of nitrogens with zero attached hydrogens (tertiary/aromatic N) is 1. The third-order valence-electron chi connectivity index (χ3n) is 3.07. The second-order valence-corrected chi connectivity index (χ2v) is 5.72. The summed E-state index contributed by atoms with van der Waals surface area (Å²) in [5.41, 5.74) is 0.428. The van der Waals surface area contributed by atoms with E-state index in [-0.39, 0.29) is 17.3 Å². The fourth-order valence-corrected chi connectivity index (χ4v) is 1.92. The first-order valence-electron chi connectivity index (χ1n) is 6.49. The Kier molecular flexibility index (Phi) is 3.38. The lowest BCUT2D eigenvalue weighted by molar-refractivity contribution is 0.0762. The standard InChI is InChI=1S/C15H17NO4/c1-5-11(17)9-6-7-10-12(8-9)20-14(19)16(10)13(18)15(2,3)4/h6-8H,5H2,1-4H3. The van der Waals surface area contributed by atoms with E-state index in [9.17, 15) is 14.4 Å². The molecule has 0 aliphatic heterocycles. The molecule has 0 spiro atoms. The first kappa shape index (κ1) is 14.2. The maximum absolute atomic E-state index is 12.3. The molecule has 0 amide bonds. The minimum atomic E-state index is -0.721. The molecular formula is C15H17NO4. The van der Waals surface area contributed by atoms with Gasteiger partial charge in [-0.15, -0.1) is 0 Å². The summed E-state index contributed by atoms with van der Waals surface area (Å²) in [6, 6.07) is 4.69. The zero-order valence-electron chi connectivity index (χ0n) is 12.0. The molecule has 0 saturated heterocycles. The van der Waals surface area contributed by atoms with E-state index in [0.29, 0.717) is 17.5 Å². The fraction of sp³-hybridized carbons (Fsp3) is 0.400. The SMILES string of the molecule is CCC(=O)c1ccc2c(c1)oc(=O)n2C(=O)C(C)(C)C. The molecule has 0 atom stereocenters. The fourth-order valence-electron chi connectivity index (χ4n) is 1.92. The first-order chi connectivity index (χ1) is 9.25. The molecule has 1 heterocycles. The molecule has 0 aliphatic rings. The third kappa shape index (κ3) is 2.31. The summed E-state index contributed by atoms with van der Waals surface area (Å²) in [5.74, 6) is -1.10. The topological polar surface area (TPSA) is 69.3 Å². The van der Waals surface area contributed by atoms with E-state index >= 15 is 0 Å². The Hall–Kier alpha value is -2.17. The number of benzene rings is 1. The lowest BCUT2D eigenvalue weighted by atomic mass is 9.95. The Labute approximate surface area is 116 Å². The molecular weight excluding hydrogens is 258 g/mol. The summed E-state index contributed by atoms with van der Waals surface area (Å²) in [7, 11) is 0. The van der Waals surface area contributed by atoms with Crippen molar-refractivity contribution in [1.29, 1.82) is 0 Å². The van der Waals surface area contributed by atoms with Crippen LogP contribution in [0.1, 0.15) is 49.3 Å². The Balaban J connectivity index is 2.65. The van der Waals surface area contributed by atoms with Gasteiger partial charge in [0.05, 0.1) is 5.52 Å². The molecule has 5 nitrogen and oxygen atoms in total. The average molecular weight is 275 g/mol. The normalized spacial score (nSPS) is 11.8. The van der Waals surface area contributed by atoms with Crippen molar-refractivity contribution in [3.8, 4) is 0 Å². The predicted molar refractivity (Wildman–Crippen MR) is 75.2 cm³/mol. The quantitative estimate of drug-likeness (QED) is 0.790. The van der Waals surface area contributed by atoms with Crippen molar-refractivity contribution in [2.24, 2.45) is 5.41 Å². The zero-order chi connectivity index (χ0) is 15.1. The van der Waals surface area contributed by atoms with Crippen molar-refractivity contribution in [2.75, 3.05) is 0 Å². The number of hydrogen-bond acceptors (Lipinski definition) is 4. The van der Waals surface area contributed by atoms with Crippen LogP contribution in [0.3, 0.4) is 0 Å². The van der Waals surface area contributed by atoms with Crippen molar-refractivity contribution in [2.45, 2.75) is 34.1 Å². The summed E-state index contributed by atoms with van der Waals surface area (Å²) in [6.45, 7) is 6.96. The molecule has 0 radical (unpaired) electrons. The van der Waals surface area contributed by atoms with Gasteiger partial charge in [-0.05, 0) is 18.2 Å². The van der Waals surface area contributed by atoms with E-state index in [2.05, 4.69) is 0 Å². The summed E-state index contributed by atoms with van der Waals surface area (Å²) >= 11 is 0. The van der Waals surface area contributed by atoms with E-state index in [1.165, 1.54) is 6.07 Å². The van der Waals surface area contributed by atoms with E-state index in [0.717, 1.165) is 4.57 Å². The van der Waals surface area contributed by atoms with Gasteiger partial charge in [0, 0.05) is 17.4 Å². The van der Waals surface area contributed by atoms with Crippen LogP contribution in [0, 0.1) is 5.41 Å². The minimum absolute atomic E-state index is 0.0375. The second-order valence-electron chi connectivity index (χ2n) is 5.72. The van der Waals surface area contributed by atoms with Crippen molar-refractivity contribution in [1.82, 2.24) is 4.57 Å². The van der Waals surface area contributed by atoms with Gasteiger partial charge in [-0.3, -0.25) is 9.59 Å². The zero-order valence-corrected chi connectivity index (χ0v) is 12.0. The number of rotatable bonds is 2. The largest absolute Gasteiger partial charge is 0.426 e. The van der Waals surface area contributed by atoms with E-state index < -0.39 is 11.2 Å². The van der Waals surface area contributed by atoms with Crippen LogP contribution in [0.4, 0.5) is 0 Å². The van der Waals surface area contributed by atoms with E-state index in [1.54, 1.807) is 39.8 Å². The molecule has 0 fully saturated rings. The van der Waals surface area contributed by atoms with Crippen molar-refractivity contribution >= 4 is 22.8 Å². The molecule has 20 heavy (non-hydrogen) atoms. The molecule has 5 heteroatoms. The molecule has 0 unspecified atom stereocenters. The van der Waals surface area contributed by atoms with Gasteiger partial charge in [-0.2, -0.15) is 0 Å². The van der Waals surface area contributed by atoms with Gasteiger partial charge >= 0.3 is 5.76 Å². The Morgan fingerprint density at radius 3 is 2.45 bits per heavy atom. The van der Waals surface area contributed by atoms with Crippen LogP contribution in [0.2, 0.25) is 0 Å². The highest BCUT2D eigenvalue weighted by Gasteiger charge is 2.27. The molecule has 106 valence electrons. The molecule has 1 aromatic heterocycles. The average Bonchev–Trinajstić information content (AvgIpc) is 2.70. The van der Waals surface area contributed by atoms with Gasteiger partial charge in [-0.1, -0.05) is 27.7 Å². The highest BCUT2D eigenvalue weighted by molar-refractivity contribution is 5.99. The molecule has 0 N–H and O–H groups in total. The van der Waals surface area contributed by atoms with Crippen LogP contribution in [0.25, 0.3) is 11.1 Å². The van der Waals surface area contributed by atoms with Crippen LogP contribution < -0.4 is 5.76 Å². The summed E-state index contributed by atoms with van der Waals surface area (Å²) in [6.07, 6.45) is 0.372. The summed E-state index contributed by atoms with van der Waals surface area (Å²) in [4.78, 5) is 35.8. The van der Waals surface area contributed by atoms with Gasteiger partial charge in [-0.25, -0.2) is 9.36 Å². The van der Waals surface area contributed by atoms with Gasteiger partial charge in [0.2, 0.25) is 5.91 Å². The van der Waals surface area contributed by atoms with Gasteiger partial charge < -0.3 is 4.42 Å². The Bertz CT molecular complexity index is 743. The molecule has 1 aromatic carbocycles. The van der Waals surface area contributed by atoms with Crippen LogP contribution >= 0.6 is 0 Å². The lowest BCUT2D eigenvalue weighted by Gasteiger charge is -2.15.